The van der Waals surface area contributed by atoms with E-state index < -0.39 is 11.6 Å². The largest absolute Gasteiger partial charge is 0.508 e. The van der Waals surface area contributed by atoms with Crippen LogP contribution in [0, 0.1) is 24.0 Å². The first-order valence-corrected chi connectivity index (χ1v) is 16.4. The number of fused-ring (bicyclic) bond motifs is 5. The summed E-state index contributed by atoms with van der Waals surface area (Å²) in [4.78, 5) is 13.9. The number of aromatic nitrogens is 2. The van der Waals surface area contributed by atoms with E-state index in [2.05, 4.69) is 26.0 Å². The van der Waals surface area contributed by atoms with Crippen LogP contribution >= 0.6 is 0 Å². The lowest BCUT2D eigenvalue weighted by Gasteiger charge is -2.42. The Morgan fingerprint density at radius 2 is 2.02 bits per heavy atom. The van der Waals surface area contributed by atoms with Gasteiger partial charge < -0.3 is 24.8 Å². The summed E-state index contributed by atoms with van der Waals surface area (Å²) >= 11 is 0. The van der Waals surface area contributed by atoms with Crippen LogP contribution in [0.4, 0.5) is 19.0 Å². The minimum atomic E-state index is -0.672. The monoisotopic (exact) mass is 655 g/mol. The lowest BCUT2D eigenvalue weighted by Crippen LogP contribution is -2.61. The Bertz CT molecular complexity index is 2030. The lowest BCUT2D eigenvalue weighted by molar-refractivity contribution is 0.107. The fourth-order valence-corrected chi connectivity index (χ4v) is 8.65. The van der Waals surface area contributed by atoms with Gasteiger partial charge in [-0.2, -0.15) is 9.97 Å². The van der Waals surface area contributed by atoms with Crippen LogP contribution in [0.5, 0.6) is 11.8 Å². The summed E-state index contributed by atoms with van der Waals surface area (Å²) in [7, 11) is 1.69. The number of piperazine rings is 1. The molecule has 48 heavy (non-hydrogen) atoms. The third-order valence-electron chi connectivity index (χ3n) is 10.7. The first-order valence-electron chi connectivity index (χ1n) is 16.4. The Kier molecular flexibility index (Phi) is 7.51. The average Bonchev–Trinajstić information content (AvgIpc) is 3.73. The van der Waals surface area contributed by atoms with Crippen molar-refractivity contribution in [1.82, 2.24) is 20.2 Å². The van der Waals surface area contributed by atoms with Gasteiger partial charge in [-0.15, -0.1) is 6.42 Å². The summed E-state index contributed by atoms with van der Waals surface area (Å²) in [5.74, 6) is 1.55. The molecule has 1 aromatic heterocycles. The van der Waals surface area contributed by atoms with E-state index in [4.69, 9.17) is 20.9 Å². The van der Waals surface area contributed by atoms with Crippen LogP contribution in [-0.2, 0) is 4.74 Å². The first-order chi connectivity index (χ1) is 23.2. The van der Waals surface area contributed by atoms with Crippen molar-refractivity contribution >= 4 is 27.5 Å². The summed E-state index contributed by atoms with van der Waals surface area (Å²) in [5.41, 5.74) is 0.451. The van der Waals surface area contributed by atoms with Gasteiger partial charge in [-0.3, -0.25) is 4.90 Å². The van der Waals surface area contributed by atoms with Gasteiger partial charge in [0.15, 0.2) is 5.82 Å². The Morgan fingerprint density at radius 1 is 1.15 bits per heavy atom. The highest BCUT2D eigenvalue weighted by Crippen LogP contribution is 2.43. The van der Waals surface area contributed by atoms with E-state index in [0.29, 0.717) is 61.0 Å². The quantitative estimate of drug-likeness (QED) is 0.241. The normalized spacial score (nSPS) is 26.1. The second-order valence-corrected chi connectivity index (χ2v) is 13.8. The maximum Gasteiger partial charge on any atom is 0.319 e. The van der Waals surface area contributed by atoms with Crippen LogP contribution < -0.4 is 15.0 Å². The van der Waals surface area contributed by atoms with Gasteiger partial charge in [0.2, 0.25) is 0 Å². The molecule has 8 nitrogen and oxygen atoms in total. The third-order valence-corrected chi connectivity index (χ3v) is 10.7. The van der Waals surface area contributed by atoms with E-state index in [-0.39, 0.29) is 57.7 Å². The number of terminal acetylenes is 1. The molecule has 1 unspecified atom stereocenters. The van der Waals surface area contributed by atoms with Gasteiger partial charge in [0.05, 0.1) is 29.6 Å². The number of hydrogen-bond donors (Lipinski definition) is 2. The molecule has 248 valence electrons. The molecule has 2 N–H and O–H groups in total. The van der Waals surface area contributed by atoms with Crippen molar-refractivity contribution in [3.63, 3.8) is 0 Å². The van der Waals surface area contributed by atoms with Crippen LogP contribution in [0.3, 0.4) is 0 Å². The maximum atomic E-state index is 17.0. The average molecular weight is 656 g/mol. The molecule has 0 saturated carbocycles. The molecular formula is C37H36F3N5O3. The van der Waals surface area contributed by atoms with E-state index >= 15 is 4.39 Å². The number of nitrogens with zero attached hydrogens (tertiary/aromatic N) is 4. The summed E-state index contributed by atoms with van der Waals surface area (Å²) in [6.45, 7) is 3.41. The molecule has 0 amide bonds. The summed E-state index contributed by atoms with van der Waals surface area (Å²) in [5, 5.41) is 15.6. The van der Waals surface area contributed by atoms with E-state index in [1.165, 1.54) is 24.3 Å². The number of aromatic hydroxyl groups is 1. The number of phenolic OH excluding ortho intramolecular Hbond substituents is 1. The molecule has 4 aliphatic rings. The topological polar surface area (TPSA) is 83.0 Å². The highest BCUT2D eigenvalue weighted by atomic mass is 19.1. The molecular weight excluding hydrogens is 619 g/mol. The van der Waals surface area contributed by atoms with Gasteiger partial charge in [-0.25, -0.2) is 13.2 Å². The van der Waals surface area contributed by atoms with Gasteiger partial charge in [0, 0.05) is 49.1 Å². The minimum absolute atomic E-state index is 0.0206. The van der Waals surface area contributed by atoms with Gasteiger partial charge in [0.25, 0.3) is 0 Å². The zero-order chi connectivity index (χ0) is 33.2. The lowest BCUT2D eigenvalue weighted by atomic mass is 9.93. The molecule has 0 aliphatic carbocycles. The van der Waals surface area contributed by atoms with E-state index in [0.717, 1.165) is 37.8 Å². The predicted molar refractivity (Wildman–Crippen MR) is 178 cm³/mol. The van der Waals surface area contributed by atoms with Crippen molar-refractivity contribution in [3.05, 3.63) is 65.5 Å². The number of anilines is 1. The molecule has 4 fully saturated rings. The molecule has 8 rings (SSSR count). The highest BCUT2D eigenvalue weighted by molar-refractivity contribution is 6.04. The second-order valence-electron chi connectivity index (χ2n) is 13.8. The fraction of sp³-hybridized carbons (Fsp3) is 0.405. The van der Waals surface area contributed by atoms with Crippen LogP contribution in [0.25, 0.3) is 32.8 Å². The number of rotatable bonds is 7. The molecule has 11 heteroatoms. The van der Waals surface area contributed by atoms with Crippen LogP contribution in [0.2, 0.25) is 0 Å². The Hall–Kier alpha value is -4.37. The number of phenols is 1. The minimum Gasteiger partial charge on any atom is -0.508 e. The molecule has 4 saturated heterocycles. The standard InChI is InChI=1S/C37H36F3N5O3/c1-3-26-30(39)8-5-23-13-25(46)14-29(31(23)26)27-6-7-28-33(32(27)40)41-35(48-21-37-10-4-12-45(37)17-22(15-37)16-38)42-34(28)44-18-24-9-11-36(19-44,43-24)20-47-2/h1,5-8,13-14,16,24,43,46H,4,9-12,15,17-21H2,2H3/b22-16+/t24-,36+,37?/m0/s1. The Balaban J connectivity index is 1.27. The Labute approximate surface area is 276 Å². The maximum absolute atomic E-state index is 17.0. The predicted octanol–water partition coefficient (Wildman–Crippen LogP) is 5.84. The molecule has 4 aliphatic heterocycles. The van der Waals surface area contributed by atoms with E-state index in [9.17, 15) is 13.9 Å². The number of benzene rings is 3. The summed E-state index contributed by atoms with van der Waals surface area (Å²) in [6.07, 6.45) is 10.7. The molecule has 2 bridgehead atoms. The summed E-state index contributed by atoms with van der Waals surface area (Å²) < 4.78 is 57.4. The van der Waals surface area contributed by atoms with Crippen LogP contribution in [0.15, 0.2) is 48.3 Å². The van der Waals surface area contributed by atoms with Crippen molar-refractivity contribution in [2.75, 3.05) is 51.4 Å². The number of ether oxygens (including phenoxy) is 2. The number of methoxy groups -OCH3 is 1. The molecule has 4 aromatic rings. The van der Waals surface area contributed by atoms with Crippen molar-refractivity contribution < 1.29 is 27.8 Å². The zero-order valence-electron chi connectivity index (χ0n) is 26.7. The molecule has 3 atom stereocenters. The van der Waals surface area contributed by atoms with Gasteiger partial charge in [-0.1, -0.05) is 18.1 Å². The number of hydrogen-bond acceptors (Lipinski definition) is 8. The third kappa shape index (κ3) is 4.97. The van der Waals surface area contributed by atoms with Crippen LogP contribution in [0.1, 0.15) is 37.7 Å². The summed E-state index contributed by atoms with van der Waals surface area (Å²) in [6, 6.07) is 9.19. The molecule has 0 spiro atoms. The molecule has 3 aromatic carbocycles. The smallest absolute Gasteiger partial charge is 0.319 e. The van der Waals surface area contributed by atoms with Crippen molar-refractivity contribution in [1.29, 1.82) is 0 Å². The van der Waals surface area contributed by atoms with Crippen LogP contribution in [-0.4, -0.2) is 83.6 Å². The first kappa shape index (κ1) is 30.9. The van der Waals surface area contributed by atoms with E-state index in [1.807, 2.05) is 0 Å². The highest BCUT2D eigenvalue weighted by Gasteiger charge is 2.48. The van der Waals surface area contributed by atoms with Crippen molar-refractivity contribution in [2.24, 2.45) is 0 Å². The van der Waals surface area contributed by atoms with Gasteiger partial charge in [-0.05, 0) is 79.4 Å². The number of nitrogens with one attached hydrogen (secondary N) is 1. The molecule has 5 heterocycles. The second kappa shape index (κ2) is 11.7. The van der Waals surface area contributed by atoms with Gasteiger partial charge >= 0.3 is 6.01 Å². The number of halogens is 3. The molecule has 0 radical (unpaired) electrons. The SMILES string of the molecule is C#Cc1c(F)ccc2cc(O)cc(-c3ccc4c(N5C[C@@H]6CC[C@](COC)(C5)N6)nc(OCC56CCCN5C/C(=C/F)C6)nc4c3F)c12. The van der Waals surface area contributed by atoms with Crippen molar-refractivity contribution in [3.8, 4) is 35.2 Å². The fourth-order valence-electron chi connectivity index (χ4n) is 8.65. The van der Waals surface area contributed by atoms with Crippen molar-refractivity contribution in [2.45, 2.75) is 49.2 Å². The van der Waals surface area contributed by atoms with E-state index in [1.54, 1.807) is 19.2 Å². The zero-order valence-corrected chi connectivity index (χ0v) is 26.7. The Morgan fingerprint density at radius 3 is 2.83 bits per heavy atom. The van der Waals surface area contributed by atoms with Gasteiger partial charge in [0.1, 0.15) is 29.5 Å².